The normalized spacial score (nSPS) is 28.0. The van der Waals surface area contributed by atoms with Gasteiger partial charge in [-0.15, -0.1) is 0 Å². The van der Waals surface area contributed by atoms with Gasteiger partial charge in [0.25, 0.3) is 0 Å². The number of halogens is 1. The van der Waals surface area contributed by atoms with Crippen LogP contribution in [0, 0.1) is 23.2 Å². The van der Waals surface area contributed by atoms with Crippen molar-refractivity contribution < 1.29 is 9.59 Å². The van der Waals surface area contributed by atoms with Gasteiger partial charge in [-0.3, -0.25) is 9.59 Å². The van der Waals surface area contributed by atoms with E-state index in [1.807, 2.05) is 41.4 Å². The Hall–Kier alpha value is -3.10. The summed E-state index contributed by atoms with van der Waals surface area (Å²) < 4.78 is 0. The third kappa shape index (κ3) is 2.11. The molecule has 6 heteroatoms. The second-order valence-corrected chi connectivity index (χ2v) is 7.39. The Morgan fingerprint density at radius 2 is 1.78 bits per heavy atom. The van der Waals surface area contributed by atoms with Crippen molar-refractivity contribution in [2.24, 2.45) is 11.8 Å². The fraction of sp³-hybridized carbons (Fsp3) is 0.190. The minimum Gasteiger partial charge on any atom is -0.353 e. The van der Waals surface area contributed by atoms with Gasteiger partial charge in [0.15, 0.2) is 0 Å². The Labute approximate surface area is 161 Å². The van der Waals surface area contributed by atoms with Crippen LogP contribution in [0.4, 0.5) is 5.69 Å². The summed E-state index contributed by atoms with van der Waals surface area (Å²) in [7, 11) is 0. The number of carbonyl (C=O) groups excluding carboxylic acids is 2. The molecule has 2 fully saturated rings. The average molecular weight is 376 g/mol. The van der Waals surface area contributed by atoms with Crippen molar-refractivity contribution in [3.8, 4) is 6.07 Å². The Bertz CT molecular complexity index is 1060. The molecule has 0 bridgehead atoms. The molecule has 27 heavy (non-hydrogen) atoms. The predicted molar refractivity (Wildman–Crippen MR) is 100 cm³/mol. The van der Waals surface area contributed by atoms with Crippen molar-refractivity contribution in [2.75, 3.05) is 4.90 Å². The van der Waals surface area contributed by atoms with Gasteiger partial charge in [0.2, 0.25) is 11.8 Å². The molecule has 2 saturated heterocycles. The van der Waals surface area contributed by atoms with E-state index < -0.39 is 17.9 Å². The van der Waals surface area contributed by atoms with Crippen LogP contribution in [0.25, 0.3) is 6.08 Å². The van der Waals surface area contributed by atoms with Gasteiger partial charge in [-0.1, -0.05) is 41.9 Å². The first-order valence-electron chi connectivity index (χ1n) is 8.69. The van der Waals surface area contributed by atoms with Crippen molar-refractivity contribution in [3.05, 3.63) is 70.9 Å². The van der Waals surface area contributed by atoms with Gasteiger partial charge in [0.05, 0.1) is 29.6 Å². The van der Waals surface area contributed by atoms with Crippen LogP contribution in [-0.4, -0.2) is 22.8 Å². The summed E-state index contributed by atoms with van der Waals surface area (Å²) in [5.74, 6) is -1.89. The maximum atomic E-state index is 13.3. The molecule has 0 N–H and O–H groups in total. The molecule has 132 valence electrons. The minimum absolute atomic E-state index is 0.273. The summed E-state index contributed by atoms with van der Waals surface area (Å²) in [6.07, 6.45) is 3.77. The summed E-state index contributed by atoms with van der Waals surface area (Å²) in [4.78, 5) is 29.6. The number of imide groups is 1. The number of nitriles is 1. The minimum atomic E-state index is -0.692. The summed E-state index contributed by atoms with van der Waals surface area (Å²) >= 11 is 6.05. The highest BCUT2D eigenvalue weighted by Crippen LogP contribution is 2.52. The lowest BCUT2D eigenvalue weighted by atomic mass is 9.85. The van der Waals surface area contributed by atoms with E-state index in [-0.39, 0.29) is 17.9 Å². The highest BCUT2D eigenvalue weighted by molar-refractivity contribution is 6.31. The lowest BCUT2D eigenvalue weighted by Gasteiger charge is -2.33. The number of rotatable bonds is 1. The van der Waals surface area contributed by atoms with Crippen LogP contribution in [-0.2, 0) is 9.59 Å². The molecule has 3 aliphatic rings. The Morgan fingerprint density at radius 3 is 2.56 bits per heavy atom. The molecule has 5 rings (SSSR count). The fourth-order valence-corrected chi connectivity index (χ4v) is 4.76. The molecule has 2 amide bonds. The van der Waals surface area contributed by atoms with Gasteiger partial charge >= 0.3 is 0 Å². The van der Waals surface area contributed by atoms with E-state index >= 15 is 0 Å². The lowest BCUT2D eigenvalue weighted by molar-refractivity contribution is -0.123. The van der Waals surface area contributed by atoms with Gasteiger partial charge in [0, 0.05) is 11.2 Å². The first-order valence-corrected chi connectivity index (χ1v) is 9.07. The van der Waals surface area contributed by atoms with Gasteiger partial charge in [0.1, 0.15) is 6.04 Å². The van der Waals surface area contributed by atoms with E-state index in [2.05, 4.69) is 6.07 Å². The molecule has 0 radical (unpaired) electrons. The van der Waals surface area contributed by atoms with Gasteiger partial charge in [-0.2, -0.15) is 5.26 Å². The molecule has 2 aromatic carbocycles. The van der Waals surface area contributed by atoms with Crippen LogP contribution >= 0.6 is 11.6 Å². The molecular weight excluding hydrogens is 362 g/mol. The summed E-state index contributed by atoms with van der Waals surface area (Å²) in [6, 6.07) is 15.8. The Balaban J connectivity index is 1.65. The highest BCUT2D eigenvalue weighted by atomic mass is 35.5. The second-order valence-electron chi connectivity index (χ2n) is 6.95. The van der Waals surface area contributed by atoms with Crippen LogP contribution in [0.15, 0.2) is 54.7 Å². The summed E-state index contributed by atoms with van der Waals surface area (Å²) in [5.41, 5.74) is 2.44. The van der Waals surface area contributed by atoms with E-state index in [1.54, 1.807) is 24.3 Å². The second kappa shape index (κ2) is 5.70. The van der Waals surface area contributed by atoms with Crippen LogP contribution in [0.1, 0.15) is 17.2 Å². The van der Waals surface area contributed by atoms with E-state index in [1.165, 1.54) is 4.90 Å². The molecule has 3 aliphatic heterocycles. The van der Waals surface area contributed by atoms with E-state index in [0.29, 0.717) is 10.7 Å². The molecule has 0 spiro atoms. The van der Waals surface area contributed by atoms with Gasteiger partial charge in [-0.05, 0) is 35.4 Å². The smallest absolute Gasteiger partial charge is 0.240 e. The van der Waals surface area contributed by atoms with E-state index in [9.17, 15) is 14.9 Å². The molecule has 4 unspecified atom stereocenters. The molecule has 3 heterocycles. The van der Waals surface area contributed by atoms with Crippen LogP contribution in [0.5, 0.6) is 0 Å². The molecule has 5 nitrogen and oxygen atoms in total. The first kappa shape index (κ1) is 16.1. The first-order chi connectivity index (χ1) is 13.1. The van der Waals surface area contributed by atoms with Crippen molar-refractivity contribution >= 4 is 35.2 Å². The maximum absolute atomic E-state index is 13.3. The van der Waals surface area contributed by atoms with Gasteiger partial charge < -0.3 is 4.90 Å². The number of hydrogen-bond donors (Lipinski definition) is 0. The zero-order valence-corrected chi connectivity index (χ0v) is 14.9. The zero-order chi connectivity index (χ0) is 18.7. The van der Waals surface area contributed by atoms with Crippen molar-refractivity contribution in [1.29, 1.82) is 5.26 Å². The molecule has 4 atom stereocenters. The SMILES string of the molecule is N#CC1C2C(=O)N(c3cccc(Cl)c3)C(=O)C2C2c3ccccc3C=CN12. The maximum Gasteiger partial charge on any atom is 0.240 e. The molecule has 0 aliphatic carbocycles. The fourth-order valence-electron chi connectivity index (χ4n) is 4.58. The quantitative estimate of drug-likeness (QED) is 0.717. The third-order valence-electron chi connectivity index (χ3n) is 5.66. The van der Waals surface area contributed by atoms with Crippen molar-refractivity contribution in [1.82, 2.24) is 4.90 Å². The van der Waals surface area contributed by atoms with Crippen molar-refractivity contribution in [3.63, 3.8) is 0 Å². The monoisotopic (exact) mass is 375 g/mol. The number of nitrogens with zero attached hydrogens (tertiary/aromatic N) is 3. The van der Waals surface area contributed by atoms with E-state index in [0.717, 1.165) is 11.1 Å². The summed E-state index contributed by atoms with van der Waals surface area (Å²) in [6.45, 7) is 0. The van der Waals surface area contributed by atoms with Crippen LogP contribution in [0.3, 0.4) is 0 Å². The molecular formula is C21H14ClN3O2. The molecule has 2 aromatic rings. The average Bonchev–Trinajstić information content (AvgIpc) is 3.14. The van der Waals surface area contributed by atoms with E-state index in [4.69, 9.17) is 11.6 Å². The zero-order valence-electron chi connectivity index (χ0n) is 14.1. The number of anilines is 1. The number of fused-ring (bicyclic) bond motifs is 5. The number of amides is 2. The highest BCUT2D eigenvalue weighted by Gasteiger charge is 2.63. The predicted octanol–water partition coefficient (Wildman–Crippen LogP) is 3.38. The third-order valence-corrected chi connectivity index (χ3v) is 5.90. The molecule has 0 aromatic heterocycles. The standard InChI is InChI=1S/C21H14ClN3O2/c22-13-5-3-6-14(10-13)25-20(26)17-16(11-23)24-9-8-12-4-1-2-7-15(12)19(24)18(17)21(25)27/h1-10,16-19H. The molecule has 0 saturated carbocycles. The number of benzene rings is 2. The lowest BCUT2D eigenvalue weighted by Crippen LogP contribution is -2.40. The number of hydrogen-bond acceptors (Lipinski definition) is 4. The largest absolute Gasteiger partial charge is 0.353 e. The van der Waals surface area contributed by atoms with Crippen molar-refractivity contribution in [2.45, 2.75) is 12.1 Å². The topological polar surface area (TPSA) is 64.4 Å². The Kier molecular flexibility index (Phi) is 3.40. The number of carbonyl (C=O) groups is 2. The summed E-state index contributed by atoms with van der Waals surface area (Å²) in [5, 5.41) is 10.2. The Morgan fingerprint density at radius 1 is 1.00 bits per heavy atom. The van der Waals surface area contributed by atoms with Crippen LogP contribution < -0.4 is 4.90 Å². The van der Waals surface area contributed by atoms with Gasteiger partial charge in [-0.25, -0.2) is 4.90 Å². The van der Waals surface area contributed by atoms with Crippen LogP contribution in [0.2, 0.25) is 5.02 Å².